The van der Waals surface area contributed by atoms with Crippen LogP contribution in [0.5, 0.6) is 0 Å². The number of nitrogens with one attached hydrogen (secondary N) is 2. The van der Waals surface area contributed by atoms with Crippen LogP contribution in [-0.2, 0) is 4.79 Å². The molecule has 0 aliphatic carbocycles. The van der Waals surface area contributed by atoms with Crippen LogP contribution in [0.2, 0.25) is 0 Å². The molecule has 42 heavy (non-hydrogen) atoms. The second-order valence-electron chi connectivity index (χ2n) is 10.3. The van der Waals surface area contributed by atoms with Crippen LogP contribution in [0.15, 0.2) is 115 Å². The Hall–Kier alpha value is -4.59. The molecule has 212 valence electrons. The summed E-state index contributed by atoms with van der Waals surface area (Å²) in [4.78, 5) is 30.4. The standard InChI is InChI=1S/C35H34N4O2S/c1-26-16-18-27(19-17-26)20-21-32(40)37-35(42)36-31-15-9-8-14-30(31)34(41)39-24-22-38(23-25-39)33(28-10-4-2-5-11-28)29-12-6-3-7-13-29/h2-21,33H,22-25H2,1H3,(H2,36,37,40,42). The first-order chi connectivity index (χ1) is 20.5. The average molecular weight is 575 g/mol. The number of piperazine rings is 1. The Morgan fingerprint density at radius 1 is 0.762 bits per heavy atom. The van der Waals surface area contributed by atoms with E-state index in [1.807, 2.05) is 60.4 Å². The Bertz CT molecular complexity index is 1510. The van der Waals surface area contributed by atoms with Gasteiger partial charge in [-0.15, -0.1) is 0 Å². The van der Waals surface area contributed by atoms with Crippen LogP contribution in [0.25, 0.3) is 6.08 Å². The summed E-state index contributed by atoms with van der Waals surface area (Å²) in [6.45, 7) is 4.72. The van der Waals surface area contributed by atoms with E-state index in [0.717, 1.165) is 24.2 Å². The molecule has 0 aromatic heterocycles. The van der Waals surface area contributed by atoms with Gasteiger partial charge < -0.3 is 10.2 Å². The van der Waals surface area contributed by atoms with E-state index in [1.165, 1.54) is 17.2 Å². The average Bonchev–Trinajstić information content (AvgIpc) is 3.02. The van der Waals surface area contributed by atoms with Gasteiger partial charge in [-0.25, -0.2) is 0 Å². The van der Waals surface area contributed by atoms with Crippen molar-refractivity contribution in [2.24, 2.45) is 0 Å². The zero-order valence-corrected chi connectivity index (χ0v) is 24.4. The number of hydrogen-bond donors (Lipinski definition) is 2. The highest BCUT2D eigenvalue weighted by molar-refractivity contribution is 7.80. The van der Waals surface area contributed by atoms with E-state index >= 15 is 0 Å². The summed E-state index contributed by atoms with van der Waals surface area (Å²) in [6.07, 6.45) is 3.17. The molecule has 0 saturated carbocycles. The molecule has 0 spiro atoms. The Labute approximate surface area is 252 Å². The number of hydrogen-bond acceptors (Lipinski definition) is 4. The van der Waals surface area contributed by atoms with Crippen molar-refractivity contribution < 1.29 is 9.59 Å². The fourth-order valence-electron chi connectivity index (χ4n) is 5.17. The molecule has 1 fully saturated rings. The molecule has 0 radical (unpaired) electrons. The fourth-order valence-corrected chi connectivity index (χ4v) is 5.38. The van der Waals surface area contributed by atoms with Gasteiger partial charge in [-0.1, -0.05) is 103 Å². The van der Waals surface area contributed by atoms with Crippen LogP contribution < -0.4 is 10.6 Å². The summed E-state index contributed by atoms with van der Waals surface area (Å²) < 4.78 is 0. The number of nitrogens with zero attached hydrogens (tertiary/aromatic N) is 2. The number of thiocarbonyl (C=S) groups is 1. The molecule has 0 bridgehead atoms. The number of anilines is 1. The Kier molecular flexibility index (Phi) is 9.54. The van der Waals surface area contributed by atoms with Gasteiger partial charge in [0, 0.05) is 32.3 Å². The van der Waals surface area contributed by atoms with Gasteiger partial charge in [0.2, 0.25) is 5.91 Å². The van der Waals surface area contributed by atoms with Crippen molar-refractivity contribution in [3.63, 3.8) is 0 Å². The SMILES string of the molecule is Cc1ccc(C=CC(=O)NC(=S)Nc2ccccc2C(=O)N2CCN(C(c3ccccc3)c3ccccc3)CC2)cc1. The maximum absolute atomic E-state index is 13.6. The first kappa shape index (κ1) is 28.9. The molecule has 4 aromatic rings. The van der Waals surface area contributed by atoms with Gasteiger partial charge in [-0.3, -0.25) is 19.8 Å². The summed E-state index contributed by atoms with van der Waals surface area (Å²) in [6, 6.07) is 36.3. The summed E-state index contributed by atoms with van der Waals surface area (Å²) in [5.41, 5.74) is 5.62. The van der Waals surface area contributed by atoms with E-state index in [0.29, 0.717) is 24.3 Å². The third kappa shape index (κ3) is 7.37. The number of aryl methyl sites for hydroxylation is 1. The smallest absolute Gasteiger partial charge is 0.256 e. The highest BCUT2D eigenvalue weighted by Crippen LogP contribution is 2.30. The maximum Gasteiger partial charge on any atom is 0.256 e. The van der Waals surface area contributed by atoms with Crippen molar-refractivity contribution in [1.29, 1.82) is 0 Å². The van der Waals surface area contributed by atoms with Crippen LogP contribution in [0, 0.1) is 6.92 Å². The highest BCUT2D eigenvalue weighted by Gasteiger charge is 2.29. The van der Waals surface area contributed by atoms with Gasteiger partial charge in [0.25, 0.3) is 5.91 Å². The number of rotatable bonds is 7. The van der Waals surface area contributed by atoms with Gasteiger partial charge in [-0.05, 0) is 54.0 Å². The predicted octanol–water partition coefficient (Wildman–Crippen LogP) is 6.07. The molecule has 2 N–H and O–H groups in total. The first-order valence-electron chi connectivity index (χ1n) is 14.1. The number of amides is 2. The Morgan fingerprint density at radius 2 is 1.33 bits per heavy atom. The van der Waals surface area contributed by atoms with Crippen molar-refractivity contribution in [2.75, 3.05) is 31.5 Å². The lowest BCUT2D eigenvalue weighted by Crippen LogP contribution is -2.50. The molecule has 1 aliphatic heterocycles. The Morgan fingerprint density at radius 3 is 1.95 bits per heavy atom. The first-order valence-corrected chi connectivity index (χ1v) is 14.5. The molecule has 1 heterocycles. The molecule has 4 aromatic carbocycles. The number of carbonyl (C=O) groups excluding carboxylic acids is 2. The number of para-hydroxylation sites is 1. The molecule has 6 nitrogen and oxygen atoms in total. The van der Waals surface area contributed by atoms with Crippen LogP contribution in [0.3, 0.4) is 0 Å². The topological polar surface area (TPSA) is 64.7 Å². The highest BCUT2D eigenvalue weighted by atomic mass is 32.1. The quantitative estimate of drug-likeness (QED) is 0.207. The van der Waals surface area contributed by atoms with Crippen LogP contribution >= 0.6 is 12.2 Å². The van der Waals surface area contributed by atoms with E-state index in [-0.39, 0.29) is 23.0 Å². The lowest BCUT2D eigenvalue weighted by molar-refractivity contribution is -0.115. The third-order valence-electron chi connectivity index (χ3n) is 7.34. The second-order valence-corrected chi connectivity index (χ2v) is 10.7. The zero-order chi connectivity index (χ0) is 29.3. The molecular weight excluding hydrogens is 540 g/mol. The van der Waals surface area contributed by atoms with Crippen molar-refractivity contribution >= 4 is 40.9 Å². The molecule has 2 amide bonds. The minimum atomic E-state index is -0.348. The van der Waals surface area contributed by atoms with Gasteiger partial charge in [0.15, 0.2) is 5.11 Å². The fraction of sp³-hybridized carbons (Fsp3) is 0.171. The second kappa shape index (κ2) is 13.9. The number of benzene rings is 4. The number of carbonyl (C=O) groups is 2. The largest absolute Gasteiger partial charge is 0.336 e. The van der Waals surface area contributed by atoms with Gasteiger partial charge in [0.05, 0.1) is 17.3 Å². The third-order valence-corrected chi connectivity index (χ3v) is 7.55. The van der Waals surface area contributed by atoms with Crippen LogP contribution in [0.4, 0.5) is 5.69 Å². The predicted molar refractivity (Wildman–Crippen MR) is 173 cm³/mol. The summed E-state index contributed by atoms with van der Waals surface area (Å²) >= 11 is 5.39. The maximum atomic E-state index is 13.6. The van der Waals surface area contributed by atoms with E-state index in [1.54, 1.807) is 18.2 Å². The Balaban J connectivity index is 1.21. The van der Waals surface area contributed by atoms with Crippen molar-refractivity contribution in [1.82, 2.24) is 15.1 Å². The molecule has 0 atom stereocenters. The zero-order valence-electron chi connectivity index (χ0n) is 23.6. The van der Waals surface area contributed by atoms with E-state index in [9.17, 15) is 9.59 Å². The van der Waals surface area contributed by atoms with Gasteiger partial charge in [0.1, 0.15) is 0 Å². The lowest BCUT2D eigenvalue weighted by atomic mass is 9.96. The van der Waals surface area contributed by atoms with Crippen molar-refractivity contribution in [2.45, 2.75) is 13.0 Å². The molecule has 5 rings (SSSR count). The molecule has 7 heteroatoms. The van der Waals surface area contributed by atoms with Gasteiger partial charge >= 0.3 is 0 Å². The van der Waals surface area contributed by atoms with Crippen LogP contribution in [-0.4, -0.2) is 52.9 Å². The lowest BCUT2D eigenvalue weighted by Gasteiger charge is -2.40. The summed E-state index contributed by atoms with van der Waals surface area (Å²) in [7, 11) is 0. The molecule has 0 unspecified atom stereocenters. The minimum absolute atomic E-state index is 0.0675. The van der Waals surface area contributed by atoms with Crippen molar-refractivity contribution in [3.05, 3.63) is 143 Å². The van der Waals surface area contributed by atoms with Gasteiger partial charge in [-0.2, -0.15) is 0 Å². The van der Waals surface area contributed by atoms with E-state index < -0.39 is 0 Å². The summed E-state index contributed by atoms with van der Waals surface area (Å²) in [5, 5.41) is 5.84. The summed E-state index contributed by atoms with van der Waals surface area (Å²) in [5.74, 6) is -0.415. The molecule has 1 saturated heterocycles. The van der Waals surface area contributed by atoms with Crippen molar-refractivity contribution in [3.8, 4) is 0 Å². The monoisotopic (exact) mass is 574 g/mol. The van der Waals surface area contributed by atoms with Crippen LogP contribution in [0.1, 0.15) is 38.7 Å². The minimum Gasteiger partial charge on any atom is -0.336 e. The molecule has 1 aliphatic rings. The van der Waals surface area contributed by atoms with E-state index in [4.69, 9.17) is 12.2 Å². The molecular formula is C35H34N4O2S. The normalized spacial score (nSPS) is 13.7. The van der Waals surface area contributed by atoms with E-state index in [2.05, 4.69) is 64.1 Å².